The fraction of sp³-hybridized carbons (Fsp3) is 0.111. The van der Waals surface area contributed by atoms with E-state index in [4.69, 9.17) is 0 Å². The smallest absolute Gasteiger partial charge is 0.256 e. The second-order valence-corrected chi connectivity index (χ2v) is 5.41. The van der Waals surface area contributed by atoms with Crippen molar-refractivity contribution >= 4 is 16.7 Å². The van der Waals surface area contributed by atoms with Crippen molar-refractivity contribution in [3.05, 3.63) is 76.2 Å². The zero-order valence-electron chi connectivity index (χ0n) is 12.6. The number of fused-ring (bicyclic) bond motifs is 1. The first-order chi connectivity index (χ1) is 11.1. The number of hydrogen-bond acceptors (Lipinski definition) is 3. The lowest BCUT2D eigenvalue weighted by Crippen LogP contribution is -2.27. The van der Waals surface area contributed by atoms with Crippen LogP contribution in [0.3, 0.4) is 0 Å². The van der Waals surface area contributed by atoms with Gasteiger partial charge >= 0.3 is 0 Å². The summed E-state index contributed by atoms with van der Waals surface area (Å²) in [6.45, 7) is 0.362. The van der Waals surface area contributed by atoms with E-state index in [1.807, 2.05) is 6.07 Å². The molecule has 0 atom stereocenters. The fourth-order valence-corrected chi connectivity index (χ4v) is 2.59. The maximum Gasteiger partial charge on any atom is 0.256 e. The van der Waals surface area contributed by atoms with Crippen molar-refractivity contribution in [1.29, 1.82) is 0 Å². The van der Waals surface area contributed by atoms with Crippen molar-refractivity contribution < 1.29 is 9.90 Å². The maximum absolute atomic E-state index is 12.7. The molecule has 0 radical (unpaired) electrons. The number of nitrogens with one attached hydrogen (secondary N) is 1. The summed E-state index contributed by atoms with van der Waals surface area (Å²) >= 11 is 0. The Balaban J connectivity index is 1.94. The number of carbonyl (C=O) groups is 1. The van der Waals surface area contributed by atoms with Crippen LogP contribution in [-0.2, 0) is 6.54 Å². The van der Waals surface area contributed by atoms with Gasteiger partial charge in [-0.25, -0.2) is 0 Å². The summed E-state index contributed by atoms with van der Waals surface area (Å²) in [5, 5.41) is 10.6. The van der Waals surface area contributed by atoms with Crippen molar-refractivity contribution in [3.8, 4) is 5.75 Å². The minimum Gasteiger partial charge on any atom is -0.508 e. The lowest BCUT2D eigenvalue weighted by Gasteiger charge is -2.18. The summed E-state index contributed by atoms with van der Waals surface area (Å²) in [5.74, 6) is -0.0290. The van der Waals surface area contributed by atoms with Crippen LogP contribution < -0.4 is 5.56 Å². The highest BCUT2D eigenvalue weighted by Gasteiger charge is 2.16. The van der Waals surface area contributed by atoms with Crippen LogP contribution in [0.5, 0.6) is 5.75 Å². The molecule has 0 spiro atoms. The van der Waals surface area contributed by atoms with Gasteiger partial charge in [0.25, 0.3) is 11.5 Å². The molecule has 0 bridgehead atoms. The Bertz CT molecular complexity index is 931. The first kappa shape index (κ1) is 14.8. The predicted molar refractivity (Wildman–Crippen MR) is 88.5 cm³/mol. The number of rotatable bonds is 3. The molecule has 0 saturated carbocycles. The number of nitrogens with zero attached hydrogens (tertiary/aromatic N) is 1. The number of benzene rings is 2. The number of hydrogen-bond donors (Lipinski definition) is 2. The van der Waals surface area contributed by atoms with E-state index in [9.17, 15) is 14.7 Å². The Labute approximate surface area is 132 Å². The molecule has 116 valence electrons. The quantitative estimate of drug-likeness (QED) is 0.781. The summed E-state index contributed by atoms with van der Waals surface area (Å²) < 4.78 is 0. The third-order valence-corrected chi connectivity index (χ3v) is 3.72. The molecule has 2 aromatic carbocycles. The Kier molecular flexibility index (Phi) is 3.85. The lowest BCUT2D eigenvalue weighted by atomic mass is 10.1. The van der Waals surface area contributed by atoms with Gasteiger partial charge in [-0.05, 0) is 23.8 Å². The van der Waals surface area contributed by atoms with Gasteiger partial charge in [-0.1, -0.05) is 30.3 Å². The van der Waals surface area contributed by atoms with Crippen LogP contribution in [0.1, 0.15) is 15.9 Å². The minimum atomic E-state index is -0.215. The first-order valence-corrected chi connectivity index (χ1v) is 7.20. The average Bonchev–Trinajstić information content (AvgIpc) is 2.55. The SMILES string of the molecule is CN(Cc1cccc(O)c1)C(=O)c1c[nH]c(=O)c2ccccc12. The third-order valence-electron chi connectivity index (χ3n) is 3.72. The number of phenols is 1. The van der Waals surface area contributed by atoms with Gasteiger partial charge in [-0.3, -0.25) is 9.59 Å². The number of carbonyl (C=O) groups excluding carboxylic acids is 1. The predicted octanol–water partition coefficient (Wildman–Crippen LogP) is 2.51. The minimum absolute atomic E-state index is 0.165. The molecule has 1 aromatic heterocycles. The number of amides is 1. The van der Waals surface area contributed by atoms with Crippen molar-refractivity contribution in [1.82, 2.24) is 9.88 Å². The number of aromatic nitrogens is 1. The zero-order chi connectivity index (χ0) is 16.4. The van der Waals surface area contributed by atoms with E-state index in [1.54, 1.807) is 54.4 Å². The molecule has 0 aliphatic rings. The number of H-pyrrole nitrogens is 1. The molecule has 5 nitrogen and oxygen atoms in total. The largest absolute Gasteiger partial charge is 0.508 e. The molecule has 23 heavy (non-hydrogen) atoms. The van der Waals surface area contributed by atoms with Crippen molar-refractivity contribution in [2.24, 2.45) is 0 Å². The average molecular weight is 308 g/mol. The summed E-state index contributed by atoms with van der Waals surface area (Å²) in [6.07, 6.45) is 1.45. The third kappa shape index (κ3) is 2.94. The molecule has 5 heteroatoms. The molecule has 0 aliphatic carbocycles. The second kappa shape index (κ2) is 5.96. The molecule has 1 heterocycles. The standard InChI is InChI=1S/C18H16N2O3/c1-20(11-12-5-4-6-13(21)9-12)18(23)16-10-19-17(22)15-8-3-2-7-14(15)16/h2-10,21H,11H2,1H3,(H,19,22). The highest BCUT2D eigenvalue weighted by molar-refractivity contribution is 6.06. The van der Waals surface area contributed by atoms with Crippen LogP contribution in [0.2, 0.25) is 0 Å². The van der Waals surface area contributed by atoms with E-state index in [0.717, 1.165) is 5.56 Å². The second-order valence-electron chi connectivity index (χ2n) is 5.41. The molecule has 0 aliphatic heterocycles. The fourth-order valence-electron chi connectivity index (χ4n) is 2.59. The molecule has 1 amide bonds. The topological polar surface area (TPSA) is 73.4 Å². The number of aromatic amines is 1. The number of phenolic OH excluding ortho intramolecular Hbond substituents is 1. The molecule has 3 aromatic rings. The Morgan fingerprint density at radius 2 is 1.87 bits per heavy atom. The Morgan fingerprint density at radius 3 is 2.61 bits per heavy atom. The highest BCUT2D eigenvalue weighted by atomic mass is 16.3. The van der Waals surface area contributed by atoms with Crippen LogP contribution in [-0.4, -0.2) is 27.9 Å². The van der Waals surface area contributed by atoms with E-state index < -0.39 is 0 Å². The van der Waals surface area contributed by atoms with E-state index in [1.165, 1.54) is 6.20 Å². The van der Waals surface area contributed by atoms with Crippen molar-refractivity contribution in [2.45, 2.75) is 6.54 Å². The molecular formula is C18H16N2O3. The number of pyridine rings is 1. The van der Waals surface area contributed by atoms with Gasteiger partial charge in [0.05, 0.1) is 5.56 Å². The van der Waals surface area contributed by atoms with E-state index >= 15 is 0 Å². The number of aromatic hydroxyl groups is 1. The highest BCUT2D eigenvalue weighted by Crippen LogP contribution is 2.18. The molecular weight excluding hydrogens is 292 g/mol. The molecule has 0 unspecified atom stereocenters. The van der Waals surface area contributed by atoms with Gasteiger partial charge < -0.3 is 15.0 Å². The lowest BCUT2D eigenvalue weighted by molar-refractivity contribution is 0.0786. The van der Waals surface area contributed by atoms with Crippen molar-refractivity contribution in [2.75, 3.05) is 7.05 Å². The van der Waals surface area contributed by atoms with Crippen LogP contribution in [0.15, 0.2) is 59.5 Å². The zero-order valence-corrected chi connectivity index (χ0v) is 12.6. The monoisotopic (exact) mass is 308 g/mol. The van der Waals surface area contributed by atoms with Gasteiger partial charge in [-0.15, -0.1) is 0 Å². The first-order valence-electron chi connectivity index (χ1n) is 7.20. The van der Waals surface area contributed by atoms with E-state index in [-0.39, 0.29) is 17.2 Å². The van der Waals surface area contributed by atoms with Gasteiger partial charge in [0.2, 0.25) is 0 Å². The van der Waals surface area contributed by atoms with Crippen LogP contribution in [0.4, 0.5) is 0 Å². The van der Waals surface area contributed by atoms with Crippen LogP contribution >= 0.6 is 0 Å². The maximum atomic E-state index is 12.7. The van der Waals surface area contributed by atoms with E-state index in [0.29, 0.717) is 22.9 Å². The Morgan fingerprint density at radius 1 is 1.13 bits per heavy atom. The summed E-state index contributed by atoms with van der Waals surface area (Å²) in [6, 6.07) is 13.8. The van der Waals surface area contributed by atoms with Gasteiger partial charge in [-0.2, -0.15) is 0 Å². The normalized spacial score (nSPS) is 10.7. The summed E-state index contributed by atoms with van der Waals surface area (Å²) in [4.78, 5) is 28.7. The van der Waals surface area contributed by atoms with Crippen LogP contribution in [0.25, 0.3) is 10.8 Å². The summed E-state index contributed by atoms with van der Waals surface area (Å²) in [7, 11) is 1.69. The van der Waals surface area contributed by atoms with Gasteiger partial charge in [0.1, 0.15) is 5.75 Å². The van der Waals surface area contributed by atoms with E-state index in [2.05, 4.69) is 4.98 Å². The molecule has 0 fully saturated rings. The summed E-state index contributed by atoms with van der Waals surface area (Å²) in [5.41, 5.74) is 1.06. The molecule has 0 saturated heterocycles. The van der Waals surface area contributed by atoms with Gasteiger partial charge in [0, 0.05) is 30.6 Å². The van der Waals surface area contributed by atoms with Crippen molar-refractivity contribution in [3.63, 3.8) is 0 Å². The molecule has 2 N–H and O–H groups in total. The Hall–Kier alpha value is -3.08. The van der Waals surface area contributed by atoms with Gasteiger partial charge in [0.15, 0.2) is 0 Å². The molecule has 3 rings (SSSR count). The van der Waals surface area contributed by atoms with Crippen LogP contribution in [0, 0.1) is 0 Å².